The lowest BCUT2D eigenvalue weighted by Gasteiger charge is -2.34. The smallest absolute Gasteiger partial charge is 0.0622 e. The number of hydrogen-bond donors (Lipinski definition) is 0. The van der Waals surface area contributed by atoms with Crippen LogP contribution in [-0.4, -0.2) is 0 Å². The molecule has 0 fully saturated rings. The topological polar surface area (TPSA) is 0 Å². The van der Waals surface area contributed by atoms with Crippen LogP contribution in [0.25, 0.3) is 76.5 Å². The fraction of sp³-hybridized carbons (Fsp3) is 0.0189. The molecular weight excluding hydrogens is 637 g/mol. The van der Waals surface area contributed by atoms with Crippen LogP contribution in [0.15, 0.2) is 206 Å². The van der Waals surface area contributed by atoms with E-state index in [9.17, 15) is 0 Å². The first kappa shape index (κ1) is 29.9. The lowest BCUT2D eigenvalue weighted by Crippen LogP contribution is -2.28. The monoisotopic (exact) mass is 670 g/mol. The van der Waals surface area contributed by atoms with Crippen molar-refractivity contribution in [2.45, 2.75) is 5.41 Å². The maximum absolute atomic E-state index is 2.54. The molecule has 0 saturated heterocycles. The second-order valence-corrected chi connectivity index (χ2v) is 14.4. The van der Waals surface area contributed by atoms with Gasteiger partial charge in [-0.15, -0.1) is 0 Å². The summed E-state index contributed by atoms with van der Waals surface area (Å²) in [5, 5.41) is 10.1. The first-order chi connectivity index (χ1) is 26.3. The molecule has 0 saturated carbocycles. The highest BCUT2D eigenvalue weighted by Crippen LogP contribution is 2.60. The maximum atomic E-state index is 2.54. The van der Waals surface area contributed by atoms with Crippen molar-refractivity contribution in [3.63, 3.8) is 0 Å². The Balaban J connectivity index is 1.36. The van der Waals surface area contributed by atoms with E-state index < -0.39 is 5.41 Å². The summed E-state index contributed by atoms with van der Waals surface area (Å²) in [6.07, 6.45) is 0. The molecule has 0 spiro atoms. The van der Waals surface area contributed by atoms with E-state index in [1.54, 1.807) is 0 Å². The highest BCUT2D eigenvalue weighted by atomic mass is 14.5. The third-order valence-electron chi connectivity index (χ3n) is 11.7. The van der Waals surface area contributed by atoms with Gasteiger partial charge in [0.1, 0.15) is 0 Å². The Morgan fingerprint density at radius 1 is 0.264 bits per heavy atom. The number of benzene rings is 10. The first-order valence-corrected chi connectivity index (χ1v) is 18.5. The largest absolute Gasteiger partial charge is 0.0714 e. The van der Waals surface area contributed by atoms with Crippen molar-refractivity contribution in [1.82, 2.24) is 0 Å². The summed E-state index contributed by atoms with van der Waals surface area (Å²) in [5.74, 6) is 0. The van der Waals surface area contributed by atoms with E-state index in [1.165, 1.54) is 98.7 Å². The van der Waals surface area contributed by atoms with Gasteiger partial charge in [-0.05, 0) is 129 Å². The predicted molar refractivity (Wildman–Crippen MR) is 225 cm³/mol. The molecule has 53 heavy (non-hydrogen) atoms. The van der Waals surface area contributed by atoms with Gasteiger partial charge < -0.3 is 0 Å². The van der Waals surface area contributed by atoms with Crippen molar-refractivity contribution in [2.75, 3.05) is 0 Å². The molecule has 10 aromatic carbocycles. The summed E-state index contributed by atoms with van der Waals surface area (Å²) < 4.78 is 0. The molecule has 0 atom stereocenters. The van der Waals surface area contributed by atoms with Crippen LogP contribution in [0.5, 0.6) is 0 Å². The molecule has 1 aliphatic carbocycles. The fourth-order valence-corrected chi connectivity index (χ4v) is 9.42. The Morgan fingerprint density at radius 3 is 1.53 bits per heavy atom. The third-order valence-corrected chi connectivity index (χ3v) is 11.7. The van der Waals surface area contributed by atoms with Gasteiger partial charge in [-0.25, -0.2) is 0 Å². The van der Waals surface area contributed by atoms with Gasteiger partial charge in [0.2, 0.25) is 0 Å². The molecule has 0 nitrogen and oxygen atoms in total. The normalized spacial score (nSPS) is 13.1. The van der Waals surface area contributed by atoms with E-state index in [-0.39, 0.29) is 0 Å². The number of hydrogen-bond acceptors (Lipinski definition) is 0. The Kier molecular flexibility index (Phi) is 6.57. The van der Waals surface area contributed by atoms with Crippen LogP contribution in [-0.2, 0) is 5.41 Å². The molecule has 10 aromatic rings. The van der Waals surface area contributed by atoms with Gasteiger partial charge in [0, 0.05) is 0 Å². The Hall–Kier alpha value is -6.76. The zero-order chi connectivity index (χ0) is 34.9. The summed E-state index contributed by atoms with van der Waals surface area (Å²) in [6.45, 7) is 0. The summed E-state index contributed by atoms with van der Waals surface area (Å²) in [5.41, 5.74) is 12.2. The standard InChI is InChI=1S/C53H34/c1-4-16-35(17-5-1)46-32-40(51-44-27-15-13-21-39(44)31-47-43-26-14-12-18-36(43)28-29-45(47)51)34-50-52(46)48-30-37-19-10-11-20-38(37)33-49(48)53(50,41-22-6-2-7-23-41)42-24-8-3-9-25-42/h1-34H. The molecule has 0 bridgehead atoms. The van der Waals surface area contributed by atoms with E-state index in [0.29, 0.717) is 0 Å². The molecule has 0 aromatic heterocycles. The van der Waals surface area contributed by atoms with Gasteiger partial charge in [0.05, 0.1) is 5.41 Å². The van der Waals surface area contributed by atoms with Crippen molar-refractivity contribution in [3.05, 3.63) is 229 Å². The van der Waals surface area contributed by atoms with Gasteiger partial charge in [-0.3, -0.25) is 0 Å². The predicted octanol–water partition coefficient (Wildman–Crippen LogP) is 14.0. The lowest BCUT2D eigenvalue weighted by molar-refractivity contribution is 0.770. The molecule has 0 radical (unpaired) electrons. The summed E-state index contributed by atoms with van der Waals surface area (Å²) in [4.78, 5) is 0. The van der Waals surface area contributed by atoms with Gasteiger partial charge in [0.25, 0.3) is 0 Å². The average molecular weight is 671 g/mol. The van der Waals surface area contributed by atoms with Crippen molar-refractivity contribution < 1.29 is 0 Å². The van der Waals surface area contributed by atoms with Gasteiger partial charge in [-0.1, -0.05) is 176 Å². The van der Waals surface area contributed by atoms with Gasteiger partial charge in [-0.2, -0.15) is 0 Å². The van der Waals surface area contributed by atoms with E-state index in [0.717, 1.165) is 0 Å². The fourth-order valence-electron chi connectivity index (χ4n) is 9.42. The molecule has 246 valence electrons. The highest BCUT2D eigenvalue weighted by molar-refractivity contribution is 6.20. The van der Waals surface area contributed by atoms with E-state index >= 15 is 0 Å². The average Bonchev–Trinajstić information content (AvgIpc) is 3.52. The van der Waals surface area contributed by atoms with Crippen LogP contribution < -0.4 is 0 Å². The second-order valence-electron chi connectivity index (χ2n) is 14.4. The third kappa shape index (κ3) is 4.36. The van der Waals surface area contributed by atoms with Crippen molar-refractivity contribution in [1.29, 1.82) is 0 Å². The minimum Gasteiger partial charge on any atom is -0.0622 e. The minimum absolute atomic E-state index is 0.552. The SMILES string of the molecule is c1ccc(-c2cc(-c3c4ccccc4cc4c3ccc3ccccc34)cc3c2-c2cc4ccccc4cc2C3(c2ccccc2)c2ccccc2)cc1. The van der Waals surface area contributed by atoms with Gasteiger partial charge in [0.15, 0.2) is 0 Å². The van der Waals surface area contributed by atoms with E-state index in [2.05, 4.69) is 206 Å². The van der Waals surface area contributed by atoms with Crippen LogP contribution >= 0.6 is 0 Å². The van der Waals surface area contributed by atoms with E-state index in [4.69, 9.17) is 0 Å². The van der Waals surface area contributed by atoms with Crippen molar-refractivity contribution in [2.24, 2.45) is 0 Å². The molecule has 0 unspecified atom stereocenters. The van der Waals surface area contributed by atoms with Crippen molar-refractivity contribution >= 4 is 43.1 Å². The lowest BCUT2D eigenvalue weighted by atomic mass is 9.67. The van der Waals surface area contributed by atoms with Crippen LogP contribution in [0.3, 0.4) is 0 Å². The molecule has 0 heterocycles. The summed E-state index contributed by atoms with van der Waals surface area (Å²) in [7, 11) is 0. The molecule has 1 aliphatic rings. The van der Waals surface area contributed by atoms with Crippen LogP contribution in [0.2, 0.25) is 0 Å². The van der Waals surface area contributed by atoms with Gasteiger partial charge >= 0.3 is 0 Å². The quantitative estimate of drug-likeness (QED) is 0.129. The van der Waals surface area contributed by atoms with Crippen molar-refractivity contribution in [3.8, 4) is 33.4 Å². The second kappa shape index (κ2) is 11.6. The number of fused-ring (bicyclic) bond motifs is 8. The maximum Gasteiger partial charge on any atom is 0.0714 e. The first-order valence-electron chi connectivity index (χ1n) is 18.5. The molecular formula is C53H34. The van der Waals surface area contributed by atoms with Crippen LogP contribution in [0.1, 0.15) is 22.3 Å². The molecule has 0 aliphatic heterocycles. The van der Waals surface area contributed by atoms with E-state index in [1.807, 2.05) is 0 Å². The Bertz CT molecular complexity index is 2990. The molecule has 11 rings (SSSR count). The summed E-state index contributed by atoms with van der Waals surface area (Å²) >= 11 is 0. The molecule has 0 N–H and O–H groups in total. The van der Waals surface area contributed by atoms with Crippen LogP contribution in [0.4, 0.5) is 0 Å². The molecule has 0 heteroatoms. The summed E-state index contributed by atoms with van der Waals surface area (Å²) in [6, 6.07) is 76.9. The number of rotatable bonds is 4. The minimum atomic E-state index is -0.552. The highest BCUT2D eigenvalue weighted by Gasteiger charge is 2.47. The molecule has 0 amide bonds. The Morgan fingerprint density at radius 2 is 0.830 bits per heavy atom. The zero-order valence-electron chi connectivity index (χ0n) is 29.1. The Labute approximate surface area is 309 Å². The van der Waals surface area contributed by atoms with Crippen LogP contribution in [0, 0.1) is 0 Å². The zero-order valence-corrected chi connectivity index (χ0v) is 29.1.